The molecule has 2 N–H and O–H groups in total. The van der Waals surface area contributed by atoms with Crippen LogP contribution in [0.3, 0.4) is 0 Å². The minimum Gasteiger partial charge on any atom is -0.337 e. The van der Waals surface area contributed by atoms with Crippen molar-refractivity contribution < 1.29 is 13.2 Å². The number of sulfonamides is 1. The van der Waals surface area contributed by atoms with Gasteiger partial charge in [-0.1, -0.05) is 0 Å². The number of hydrogen-bond acceptors (Lipinski definition) is 5. The zero-order chi connectivity index (χ0) is 19.4. The highest BCUT2D eigenvalue weighted by atomic mass is 32.2. The second kappa shape index (κ2) is 8.16. The minimum absolute atomic E-state index is 0.0916. The highest BCUT2D eigenvalue weighted by Crippen LogP contribution is 2.15. The maximum absolute atomic E-state index is 12.6. The fourth-order valence-electron chi connectivity index (χ4n) is 3.05. The van der Waals surface area contributed by atoms with E-state index < -0.39 is 10.0 Å². The van der Waals surface area contributed by atoms with Gasteiger partial charge in [0.05, 0.1) is 4.90 Å². The van der Waals surface area contributed by atoms with Crippen molar-refractivity contribution in [2.45, 2.75) is 30.8 Å². The lowest BCUT2D eigenvalue weighted by Crippen LogP contribution is -2.36. The largest absolute Gasteiger partial charge is 0.337 e. The Morgan fingerprint density at radius 2 is 2.04 bits per heavy atom. The van der Waals surface area contributed by atoms with E-state index in [4.69, 9.17) is 0 Å². The summed E-state index contributed by atoms with van der Waals surface area (Å²) in [6.45, 7) is 3.86. The normalized spacial score (nSPS) is 17.0. The van der Waals surface area contributed by atoms with E-state index in [2.05, 4.69) is 15.0 Å². The van der Waals surface area contributed by atoms with Crippen molar-refractivity contribution in [3.05, 3.63) is 59.4 Å². The van der Waals surface area contributed by atoms with Gasteiger partial charge in [0.1, 0.15) is 0 Å². The number of nitrogens with zero attached hydrogens (tertiary/aromatic N) is 2. The maximum Gasteiger partial charge on any atom is 0.253 e. The van der Waals surface area contributed by atoms with E-state index in [1.165, 1.54) is 12.1 Å². The molecule has 2 heterocycles. The van der Waals surface area contributed by atoms with Crippen molar-refractivity contribution >= 4 is 15.9 Å². The van der Waals surface area contributed by atoms with Gasteiger partial charge in [-0.05, 0) is 61.3 Å². The molecule has 1 aliphatic heterocycles. The van der Waals surface area contributed by atoms with E-state index in [0.717, 1.165) is 24.1 Å². The van der Waals surface area contributed by atoms with Gasteiger partial charge in [0.2, 0.25) is 10.0 Å². The number of aromatic nitrogens is 1. The molecule has 1 fully saturated rings. The SMILES string of the molecule is Cc1cnccc1CN(C)C(=O)c1ccc(S(=O)(=O)N[C@@H]2CCNC2)cc1. The van der Waals surface area contributed by atoms with Crippen molar-refractivity contribution in [3.8, 4) is 0 Å². The van der Waals surface area contributed by atoms with E-state index in [-0.39, 0.29) is 16.8 Å². The Kier molecular flexibility index (Phi) is 5.88. The molecule has 0 radical (unpaired) electrons. The molecule has 0 bridgehead atoms. The summed E-state index contributed by atoms with van der Waals surface area (Å²) in [4.78, 5) is 18.5. The van der Waals surface area contributed by atoms with Crippen molar-refractivity contribution in [1.82, 2.24) is 19.9 Å². The Morgan fingerprint density at radius 3 is 2.67 bits per heavy atom. The topological polar surface area (TPSA) is 91.4 Å². The van der Waals surface area contributed by atoms with Crippen LogP contribution in [0.4, 0.5) is 0 Å². The first-order valence-corrected chi connectivity index (χ1v) is 10.3. The zero-order valence-corrected chi connectivity index (χ0v) is 16.3. The van der Waals surface area contributed by atoms with Crippen LogP contribution in [0.15, 0.2) is 47.6 Å². The number of nitrogens with one attached hydrogen (secondary N) is 2. The van der Waals surface area contributed by atoms with Gasteiger partial charge in [0, 0.05) is 44.1 Å². The predicted octanol–water partition coefficient (Wildman–Crippen LogP) is 1.30. The Hall–Kier alpha value is -2.29. The summed E-state index contributed by atoms with van der Waals surface area (Å²) in [7, 11) is -1.86. The molecular formula is C19H24N4O3S. The lowest BCUT2D eigenvalue weighted by molar-refractivity contribution is 0.0785. The van der Waals surface area contributed by atoms with Crippen LogP contribution in [0, 0.1) is 6.92 Å². The molecule has 2 aromatic rings. The third kappa shape index (κ3) is 4.71. The molecule has 1 aromatic heterocycles. The van der Waals surface area contributed by atoms with Gasteiger partial charge >= 0.3 is 0 Å². The van der Waals surface area contributed by atoms with Gasteiger partial charge in [-0.3, -0.25) is 9.78 Å². The molecule has 0 aliphatic carbocycles. The van der Waals surface area contributed by atoms with Crippen LogP contribution >= 0.6 is 0 Å². The lowest BCUT2D eigenvalue weighted by Gasteiger charge is -2.18. The number of carbonyl (C=O) groups excluding carboxylic acids is 1. The first-order valence-electron chi connectivity index (χ1n) is 8.85. The molecule has 7 nitrogen and oxygen atoms in total. The molecule has 1 amide bonds. The summed E-state index contributed by atoms with van der Waals surface area (Å²) in [6.07, 6.45) is 4.24. The first-order chi connectivity index (χ1) is 12.9. The van der Waals surface area contributed by atoms with Crippen molar-refractivity contribution in [3.63, 3.8) is 0 Å². The number of carbonyl (C=O) groups is 1. The van der Waals surface area contributed by atoms with Crippen LogP contribution in [0.1, 0.15) is 27.9 Å². The van der Waals surface area contributed by atoms with E-state index in [0.29, 0.717) is 18.7 Å². The van der Waals surface area contributed by atoms with Gasteiger partial charge in [0.25, 0.3) is 5.91 Å². The maximum atomic E-state index is 12.6. The van der Waals surface area contributed by atoms with E-state index in [9.17, 15) is 13.2 Å². The van der Waals surface area contributed by atoms with Crippen LogP contribution < -0.4 is 10.0 Å². The second-order valence-electron chi connectivity index (χ2n) is 6.80. The van der Waals surface area contributed by atoms with Crippen LogP contribution in [0.5, 0.6) is 0 Å². The first kappa shape index (κ1) is 19.5. The highest BCUT2D eigenvalue weighted by Gasteiger charge is 2.23. The Morgan fingerprint density at radius 1 is 1.30 bits per heavy atom. The highest BCUT2D eigenvalue weighted by molar-refractivity contribution is 7.89. The third-order valence-electron chi connectivity index (χ3n) is 4.68. The number of aryl methyl sites for hydroxylation is 1. The molecule has 1 atom stereocenters. The van der Waals surface area contributed by atoms with Crippen LogP contribution in [-0.4, -0.2) is 50.4 Å². The number of amides is 1. The molecule has 1 aliphatic rings. The van der Waals surface area contributed by atoms with Gasteiger partial charge in [-0.2, -0.15) is 0 Å². The molecule has 1 saturated heterocycles. The quantitative estimate of drug-likeness (QED) is 0.778. The van der Waals surface area contributed by atoms with Crippen molar-refractivity contribution in [2.24, 2.45) is 0 Å². The van der Waals surface area contributed by atoms with Crippen molar-refractivity contribution in [2.75, 3.05) is 20.1 Å². The minimum atomic E-state index is -3.58. The Bertz CT molecular complexity index is 907. The molecule has 27 heavy (non-hydrogen) atoms. The lowest BCUT2D eigenvalue weighted by atomic mass is 10.1. The van der Waals surface area contributed by atoms with E-state index >= 15 is 0 Å². The number of benzene rings is 1. The molecule has 8 heteroatoms. The summed E-state index contributed by atoms with van der Waals surface area (Å²) >= 11 is 0. The van der Waals surface area contributed by atoms with Crippen LogP contribution in [-0.2, 0) is 16.6 Å². The monoisotopic (exact) mass is 388 g/mol. The summed E-state index contributed by atoms with van der Waals surface area (Å²) in [5.41, 5.74) is 2.49. The van der Waals surface area contributed by atoms with Gasteiger partial charge in [0.15, 0.2) is 0 Å². The van der Waals surface area contributed by atoms with Gasteiger partial charge in [-0.25, -0.2) is 13.1 Å². The molecule has 144 valence electrons. The van der Waals surface area contributed by atoms with Gasteiger partial charge < -0.3 is 10.2 Å². The molecule has 1 aromatic carbocycles. The van der Waals surface area contributed by atoms with E-state index in [1.54, 1.807) is 36.5 Å². The van der Waals surface area contributed by atoms with Crippen LogP contribution in [0.25, 0.3) is 0 Å². The van der Waals surface area contributed by atoms with Crippen molar-refractivity contribution in [1.29, 1.82) is 0 Å². The fraction of sp³-hybridized carbons (Fsp3) is 0.368. The van der Waals surface area contributed by atoms with Gasteiger partial charge in [-0.15, -0.1) is 0 Å². The zero-order valence-electron chi connectivity index (χ0n) is 15.5. The summed E-state index contributed by atoms with van der Waals surface area (Å²) in [5, 5.41) is 3.13. The molecule has 3 rings (SSSR count). The summed E-state index contributed by atoms with van der Waals surface area (Å²) in [6, 6.07) is 7.86. The molecule has 0 saturated carbocycles. The second-order valence-corrected chi connectivity index (χ2v) is 8.51. The fourth-order valence-corrected chi connectivity index (χ4v) is 4.32. The standard InChI is InChI=1S/C19H24N4O3S/c1-14-11-20-9-7-16(14)13-23(2)19(24)15-3-5-18(6-4-15)27(25,26)22-17-8-10-21-12-17/h3-7,9,11,17,21-22H,8,10,12-13H2,1-2H3/t17-/m1/s1. The Labute approximate surface area is 159 Å². The predicted molar refractivity (Wildman–Crippen MR) is 103 cm³/mol. The molecular weight excluding hydrogens is 364 g/mol. The average molecular weight is 388 g/mol. The summed E-state index contributed by atoms with van der Waals surface area (Å²) < 4.78 is 27.6. The van der Waals surface area contributed by atoms with E-state index in [1.807, 2.05) is 13.0 Å². The smallest absolute Gasteiger partial charge is 0.253 e. The third-order valence-corrected chi connectivity index (χ3v) is 6.22. The Balaban J connectivity index is 1.68. The summed E-state index contributed by atoms with van der Waals surface area (Å²) in [5.74, 6) is -0.164. The molecule has 0 spiro atoms. The molecule has 0 unspecified atom stereocenters. The average Bonchev–Trinajstić information content (AvgIpc) is 3.15. The number of pyridine rings is 1. The number of rotatable bonds is 6. The number of hydrogen-bond donors (Lipinski definition) is 2. The van der Waals surface area contributed by atoms with Crippen LogP contribution in [0.2, 0.25) is 0 Å².